The van der Waals surface area contributed by atoms with Crippen LogP contribution in [0.2, 0.25) is 0 Å². The quantitative estimate of drug-likeness (QED) is 0.457. The molecule has 0 saturated carbocycles. The van der Waals surface area contributed by atoms with Crippen molar-refractivity contribution in [1.29, 1.82) is 5.26 Å². The number of benzene rings is 2. The summed E-state index contributed by atoms with van der Waals surface area (Å²) in [5.41, 5.74) is 11.2. The smallest absolute Gasteiger partial charge is 0.168 e. The van der Waals surface area contributed by atoms with Gasteiger partial charge < -0.3 is 15.6 Å². The van der Waals surface area contributed by atoms with E-state index in [-0.39, 0.29) is 30.9 Å². The first kappa shape index (κ1) is 23.2. The molecule has 1 unspecified atom stereocenters. The Morgan fingerprint density at radius 2 is 1.90 bits per heavy atom. The van der Waals surface area contributed by atoms with Gasteiger partial charge in [0.2, 0.25) is 0 Å². The van der Waals surface area contributed by atoms with E-state index in [0.717, 1.165) is 33.7 Å². The molecule has 2 aromatic carbocycles. The zero-order valence-corrected chi connectivity index (χ0v) is 17.8. The van der Waals surface area contributed by atoms with Crippen molar-refractivity contribution in [2.75, 3.05) is 12.4 Å². The van der Waals surface area contributed by atoms with Gasteiger partial charge in [0.25, 0.3) is 0 Å². The highest BCUT2D eigenvalue weighted by atomic mass is 35.5. The van der Waals surface area contributed by atoms with Crippen molar-refractivity contribution >= 4 is 41.6 Å². The van der Waals surface area contributed by atoms with E-state index < -0.39 is 0 Å². The monoisotopic (exact) mass is 441 g/mol. The SMILES string of the molecule is CNc1cccc(CC(N)c2ccccc2-c2noc3cc(C#N)ccc23)n1.Cl.Cl. The molecule has 30 heavy (non-hydrogen) atoms. The second-order valence-electron chi connectivity index (χ2n) is 6.52. The van der Waals surface area contributed by atoms with E-state index in [9.17, 15) is 0 Å². The Balaban J connectivity index is 0.00000160. The molecule has 0 aliphatic carbocycles. The van der Waals surface area contributed by atoms with E-state index >= 15 is 0 Å². The normalized spacial score (nSPS) is 11.1. The zero-order valence-electron chi connectivity index (χ0n) is 16.2. The van der Waals surface area contributed by atoms with E-state index in [2.05, 4.69) is 21.5 Å². The summed E-state index contributed by atoms with van der Waals surface area (Å²) in [5, 5.41) is 17.2. The van der Waals surface area contributed by atoms with Crippen molar-refractivity contribution in [3.8, 4) is 17.3 Å². The highest BCUT2D eigenvalue weighted by molar-refractivity contribution is 5.93. The minimum Gasteiger partial charge on any atom is -0.373 e. The highest BCUT2D eigenvalue weighted by Gasteiger charge is 2.18. The van der Waals surface area contributed by atoms with Gasteiger partial charge >= 0.3 is 0 Å². The number of anilines is 1. The summed E-state index contributed by atoms with van der Waals surface area (Å²) in [4.78, 5) is 4.56. The van der Waals surface area contributed by atoms with Crippen LogP contribution in [0.25, 0.3) is 22.2 Å². The van der Waals surface area contributed by atoms with Gasteiger partial charge in [-0.15, -0.1) is 24.8 Å². The van der Waals surface area contributed by atoms with Crippen molar-refractivity contribution in [3.63, 3.8) is 0 Å². The minimum atomic E-state index is -0.249. The number of hydrogen-bond donors (Lipinski definition) is 2. The van der Waals surface area contributed by atoms with Crippen LogP contribution in [0, 0.1) is 11.3 Å². The molecule has 1 atom stereocenters. The molecule has 0 aliphatic rings. The van der Waals surface area contributed by atoms with Crippen LogP contribution in [0.15, 0.2) is 65.2 Å². The van der Waals surface area contributed by atoms with Crippen LogP contribution in [0.1, 0.15) is 22.9 Å². The molecular weight excluding hydrogens is 421 g/mol. The Hall–Kier alpha value is -3.11. The molecule has 0 radical (unpaired) electrons. The second-order valence-corrected chi connectivity index (χ2v) is 6.52. The molecule has 6 nitrogen and oxygen atoms in total. The molecule has 8 heteroatoms. The maximum atomic E-state index is 9.08. The van der Waals surface area contributed by atoms with Crippen LogP contribution in [-0.4, -0.2) is 17.2 Å². The maximum Gasteiger partial charge on any atom is 0.168 e. The Labute approximate surface area is 186 Å². The third-order valence-corrected chi connectivity index (χ3v) is 4.71. The first-order chi connectivity index (χ1) is 13.7. The number of nitrogens with two attached hydrogens (primary N) is 1. The van der Waals surface area contributed by atoms with Crippen molar-refractivity contribution in [2.24, 2.45) is 5.73 Å². The zero-order chi connectivity index (χ0) is 19.5. The van der Waals surface area contributed by atoms with Crippen LogP contribution in [0.3, 0.4) is 0 Å². The molecule has 0 amide bonds. The largest absolute Gasteiger partial charge is 0.373 e. The third kappa shape index (κ3) is 4.55. The van der Waals surface area contributed by atoms with Gasteiger partial charge in [0, 0.05) is 42.2 Å². The predicted molar refractivity (Wildman–Crippen MR) is 123 cm³/mol. The molecule has 3 N–H and O–H groups in total. The lowest BCUT2D eigenvalue weighted by atomic mass is 9.94. The minimum absolute atomic E-state index is 0. The molecule has 0 bridgehead atoms. The molecule has 0 spiro atoms. The van der Waals surface area contributed by atoms with Gasteiger partial charge in [0.05, 0.1) is 11.6 Å². The van der Waals surface area contributed by atoms with E-state index in [4.69, 9.17) is 15.5 Å². The summed E-state index contributed by atoms with van der Waals surface area (Å²) in [6.45, 7) is 0. The number of halogens is 2. The fourth-order valence-corrected chi connectivity index (χ4v) is 3.31. The number of fused-ring (bicyclic) bond motifs is 1. The summed E-state index contributed by atoms with van der Waals surface area (Å²) in [6, 6.07) is 20.9. The van der Waals surface area contributed by atoms with E-state index in [1.165, 1.54) is 0 Å². The van der Waals surface area contributed by atoms with Crippen molar-refractivity contribution in [1.82, 2.24) is 10.1 Å². The summed E-state index contributed by atoms with van der Waals surface area (Å²) in [5.74, 6) is 0.814. The van der Waals surface area contributed by atoms with E-state index in [0.29, 0.717) is 17.6 Å². The lowest BCUT2D eigenvalue weighted by molar-refractivity contribution is 0.459. The molecule has 2 aromatic heterocycles. The highest BCUT2D eigenvalue weighted by Crippen LogP contribution is 2.33. The molecule has 0 fully saturated rings. The number of nitrogens with zero attached hydrogens (tertiary/aromatic N) is 3. The maximum absolute atomic E-state index is 9.08. The average Bonchev–Trinajstić information content (AvgIpc) is 3.16. The van der Waals surface area contributed by atoms with Gasteiger partial charge in [-0.25, -0.2) is 4.98 Å². The lowest BCUT2D eigenvalue weighted by Gasteiger charge is -2.16. The number of nitrogens with one attached hydrogen (secondary N) is 1. The predicted octanol–water partition coefficient (Wildman–Crippen LogP) is 4.89. The van der Waals surface area contributed by atoms with Gasteiger partial charge in [-0.05, 0) is 29.8 Å². The second kappa shape index (κ2) is 10.1. The summed E-state index contributed by atoms with van der Waals surface area (Å²) in [7, 11) is 1.84. The number of rotatable bonds is 5. The van der Waals surface area contributed by atoms with Gasteiger partial charge in [0.1, 0.15) is 11.5 Å². The standard InChI is InChI=1S/C22H19N5O.2ClH/c1-25-21-8-4-5-15(26-21)12-19(24)16-6-2-3-7-17(16)22-18-10-9-14(13-23)11-20(18)28-27-22;;/h2-11,19H,12,24H2,1H3,(H,25,26);2*1H. The average molecular weight is 442 g/mol. The van der Waals surface area contributed by atoms with Gasteiger partial charge in [-0.1, -0.05) is 35.5 Å². The van der Waals surface area contributed by atoms with Gasteiger partial charge in [0.15, 0.2) is 5.58 Å². The fraction of sp³-hybridized carbons (Fsp3) is 0.136. The van der Waals surface area contributed by atoms with Gasteiger partial charge in [-0.3, -0.25) is 0 Å². The van der Waals surface area contributed by atoms with Crippen molar-refractivity contribution in [3.05, 3.63) is 77.5 Å². The molecule has 4 rings (SSSR count). The topological polar surface area (TPSA) is 101 Å². The Kier molecular flexibility index (Phi) is 7.79. The molecule has 0 saturated heterocycles. The number of pyridine rings is 1. The van der Waals surface area contributed by atoms with Gasteiger partial charge in [-0.2, -0.15) is 5.26 Å². The Morgan fingerprint density at radius 3 is 2.67 bits per heavy atom. The van der Waals surface area contributed by atoms with Crippen LogP contribution in [0.4, 0.5) is 5.82 Å². The lowest BCUT2D eigenvalue weighted by Crippen LogP contribution is -2.15. The van der Waals surface area contributed by atoms with Crippen LogP contribution < -0.4 is 11.1 Å². The molecule has 4 aromatic rings. The number of aromatic nitrogens is 2. The van der Waals surface area contributed by atoms with Crippen LogP contribution in [0.5, 0.6) is 0 Å². The molecule has 154 valence electrons. The molecule has 0 aliphatic heterocycles. The first-order valence-corrected chi connectivity index (χ1v) is 8.97. The third-order valence-electron chi connectivity index (χ3n) is 4.71. The number of hydrogen-bond acceptors (Lipinski definition) is 6. The summed E-state index contributed by atoms with van der Waals surface area (Å²) < 4.78 is 5.47. The fourth-order valence-electron chi connectivity index (χ4n) is 3.31. The Morgan fingerprint density at radius 1 is 1.10 bits per heavy atom. The molecular formula is C22H21Cl2N5O. The summed E-state index contributed by atoms with van der Waals surface area (Å²) in [6.07, 6.45) is 0.598. The van der Waals surface area contributed by atoms with Crippen LogP contribution >= 0.6 is 24.8 Å². The summed E-state index contributed by atoms with van der Waals surface area (Å²) >= 11 is 0. The Bertz CT molecular complexity index is 1190. The molecule has 2 heterocycles. The first-order valence-electron chi connectivity index (χ1n) is 8.97. The van der Waals surface area contributed by atoms with E-state index in [1.807, 2.05) is 55.6 Å². The van der Waals surface area contributed by atoms with E-state index in [1.54, 1.807) is 12.1 Å². The number of nitriles is 1. The van der Waals surface area contributed by atoms with Crippen molar-refractivity contribution in [2.45, 2.75) is 12.5 Å². The van der Waals surface area contributed by atoms with Crippen molar-refractivity contribution < 1.29 is 4.52 Å². The van der Waals surface area contributed by atoms with Crippen LogP contribution in [-0.2, 0) is 6.42 Å².